The molecule has 2 aliphatic carbocycles. The van der Waals surface area contributed by atoms with Crippen LogP contribution < -0.4 is 5.32 Å². The van der Waals surface area contributed by atoms with Gasteiger partial charge in [0.05, 0.1) is 5.92 Å². The first-order valence-corrected chi connectivity index (χ1v) is 7.48. The summed E-state index contributed by atoms with van der Waals surface area (Å²) < 4.78 is 5.27. The minimum absolute atomic E-state index is 0.124. The van der Waals surface area contributed by atoms with Crippen LogP contribution in [0.5, 0.6) is 0 Å². The van der Waals surface area contributed by atoms with Gasteiger partial charge in [0.2, 0.25) is 0 Å². The van der Waals surface area contributed by atoms with Crippen molar-refractivity contribution in [2.45, 2.75) is 64.5 Å². The summed E-state index contributed by atoms with van der Waals surface area (Å²) in [6, 6.07) is 0.124. The van der Waals surface area contributed by atoms with Crippen LogP contribution in [-0.4, -0.2) is 28.8 Å². The van der Waals surface area contributed by atoms with E-state index in [1.165, 1.54) is 0 Å². The van der Waals surface area contributed by atoms with Gasteiger partial charge in [-0.3, -0.25) is 4.79 Å². The second-order valence-corrected chi connectivity index (χ2v) is 7.11. The lowest BCUT2D eigenvalue weighted by molar-refractivity contribution is -0.139. The van der Waals surface area contributed by atoms with E-state index in [1.807, 2.05) is 20.8 Å². The Hall–Kier alpha value is -1.26. The average Bonchev–Trinajstić information content (AvgIpc) is 3.06. The van der Waals surface area contributed by atoms with E-state index in [-0.39, 0.29) is 18.1 Å². The zero-order chi connectivity index (χ0) is 14.9. The first kappa shape index (κ1) is 15.1. The number of ether oxygens (including phenoxy) is 1. The average molecular weight is 283 g/mol. The van der Waals surface area contributed by atoms with Crippen molar-refractivity contribution >= 4 is 12.1 Å². The van der Waals surface area contributed by atoms with E-state index in [9.17, 15) is 9.59 Å². The summed E-state index contributed by atoms with van der Waals surface area (Å²) >= 11 is 0. The Morgan fingerprint density at radius 1 is 1.20 bits per heavy atom. The van der Waals surface area contributed by atoms with Crippen LogP contribution >= 0.6 is 0 Å². The predicted molar refractivity (Wildman–Crippen MR) is 74.3 cm³/mol. The Balaban J connectivity index is 1.79. The normalized spacial score (nSPS) is 33.4. The van der Waals surface area contributed by atoms with Gasteiger partial charge in [-0.2, -0.15) is 0 Å². The standard InChI is InChI=1S/C15H25NO4/c1-15(2,3)20-14(19)16-10-6-4-5-9(7-10)11-8-12(11)13(17)18/h9-12H,4-8H2,1-3H3,(H,16,19)(H,17,18)/t9?,10-,11+,12-/m1/s1. The Labute approximate surface area is 120 Å². The molecule has 2 N–H and O–H groups in total. The van der Waals surface area contributed by atoms with Crippen molar-refractivity contribution in [1.29, 1.82) is 0 Å². The SMILES string of the molecule is CC(C)(C)OC(=O)N[C@@H]1CCCC([C@@H]2C[C@H]2C(=O)O)C1. The molecule has 0 aliphatic heterocycles. The molecule has 0 aromatic carbocycles. The molecule has 0 bridgehead atoms. The fourth-order valence-electron chi connectivity index (χ4n) is 3.24. The van der Waals surface area contributed by atoms with Gasteiger partial charge < -0.3 is 15.2 Å². The van der Waals surface area contributed by atoms with Gasteiger partial charge >= 0.3 is 12.1 Å². The molecule has 0 aromatic heterocycles. The molecule has 0 aromatic rings. The highest BCUT2D eigenvalue weighted by atomic mass is 16.6. The van der Waals surface area contributed by atoms with Gasteiger partial charge in [0.15, 0.2) is 0 Å². The van der Waals surface area contributed by atoms with Crippen LogP contribution in [0.25, 0.3) is 0 Å². The maximum Gasteiger partial charge on any atom is 0.407 e. The van der Waals surface area contributed by atoms with Gasteiger partial charge in [-0.1, -0.05) is 12.8 Å². The Kier molecular flexibility index (Phi) is 4.25. The van der Waals surface area contributed by atoms with Crippen molar-refractivity contribution < 1.29 is 19.4 Å². The Morgan fingerprint density at radius 3 is 2.45 bits per heavy atom. The topological polar surface area (TPSA) is 75.6 Å². The van der Waals surface area contributed by atoms with Crippen LogP contribution in [-0.2, 0) is 9.53 Å². The third-order valence-corrected chi connectivity index (χ3v) is 4.20. The lowest BCUT2D eigenvalue weighted by Gasteiger charge is -2.30. The minimum atomic E-state index is -0.669. The number of hydrogen-bond donors (Lipinski definition) is 2. The zero-order valence-corrected chi connectivity index (χ0v) is 12.5. The van der Waals surface area contributed by atoms with Crippen LogP contribution in [0.2, 0.25) is 0 Å². The van der Waals surface area contributed by atoms with E-state index >= 15 is 0 Å². The van der Waals surface area contributed by atoms with Crippen molar-refractivity contribution in [3.05, 3.63) is 0 Å². The summed E-state index contributed by atoms with van der Waals surface area (Å²) in [5.74, 6) is -0.0713. The smallest absolute Gasteiger partial charge is 0.407 e. The van der Waals surface area contributed by atoms with Crippen LogP contribution in [0, 0.1) is 17.8 Å². The summed E-state index contributed by atoms with van der Waals surface area (Å²) in [5.41, 5.74) is -0.483. The third-order valence-electron chi connectivity index (χ3n) is 4.20. The van der Waals surface area contributed by atoms with Crippen molar-refractivity contribution in [2.75, 3.05) is 0 Å². The van der Waals surface area contributed by atoms with Gasteiger partial charge in [0, 0.05) is 6.04 Å². The largest absolute Gasteiger partial charge is 0.481 e. The molecule has 2 fully saturated rings. The highest BCUT2D eigenvalue weighted by molar-refractivity contribution is 5.73. The number of hydrogen-bond acceptors (Lipinski definition) is 3. The van der Waals surface area contributed by atoms with Gasteiger partial charge in [0.1, 0.15) is 5.60 Å². The number of carbonyl (C=O) groups excluding carboxylic acids is 1. The van der Waals surface area contributed by atoms with Crippen LogP contribution in [0.15, 0.2) is 0 Å². The minimum Gasteiger partial charge on any atom is -0.481 e. The molecular formula is C15H25NO4. The lowest BCUT2D eigenvalue weighted by atomic mass is 9.82. The number of alkyl carbamates (subject to hydrolysis) is 1. The molecule has 0 heterocycles. The van der Waals surface area contributed by atoms with E-state index in [0.29, 0.717) is 11.8 Å². The molecule has 114 valence electrons. The number of rotatable bonds is 3. The first-order valence-electron chi connectivity index (χ1n) is 7.48. The molecule has 2 aliphatic rings. The predicted octanol–water partition coefficient (Wildman–Crippen LogP) is 2.79. The number of carboxylic acid groups (broad SMARTS) is 1. The second kappa shape index (κ2) is 5.62. The Bertz CT molecular complexity index is 388. The lowest BCUT2D eigenvalue weighted by Crippen LogP contribution is -2.41. The summed E-state index contributed by atoms with van der Waals surface area (Å²) in [7, 11) is 0. The number of nitrogens with one attached hydrogen (secondary N) is 1. The van der Waals surface area contributed by atoms with Crippen LogP contribution in [0.3, 0.4) is 0 Å². The van der Waals surface area contributed by atoms with Gasteiger partial charge in [0.25, 0.3) is 0 Å². The quantitative estimate of drug-likeness (QED) is 0.835. The number of amides is 1. The summed E-state index contributed by atoms with van der Waals surface area (Å²) in [5, 5.41) is 11.9. The monoisotopic (exact) mass is 283 g/mol. The van der Waals surface area contributed by atoms with E-state index in [1.54, 1.807) is 0 Å². The van der Waals surface area contributed by atoms with Crippen molar-refractivity contribution in [3.63, 3.8) is 0 Å². The number of aliphatic carboxylic acids is 1. The molecule has 0 radical (unpaired) electrons. The summed E-state index contributed by atoms with van der Waals surface area (Å²) in [6.45, 7) is 5.54. The van der Waals surface area contributed by atoms with Gasteiger partial charge in [-0.05, 0) is 51.9 Å². The fourth-order valence-corrected chi connectivity index (χ4v) is 3.24. The summed E-state index contributed by atoms with van der Waals surface area (Å²) in [6.07, 6.45) is 4.41. The molecule has 1 unspecified atom stereocenters. The molecule has 5 nitrogen and oxygen atoms in total. The van der Waals surface area contributed by atoms with Gasteiger partial charge in [-0.15, -0.1) is 0 Å². The van der Waals surface area contributed by atoms with Crippen molar-refractivity contribution in [1.82, 2.24) is 5.32 Å². The Morgan fingerprint density at radius 2 is 1.90 bits per heavy atom. The summed E-state index contributed by atoms with van der Waals surface area (Å²) in [4.78, 5) is 22.7. The third kappa shape index (κ3) is 4.12. The van der Waals surface area contributed by atoms with Crippen molar-refractivity contribution in [3.8, 4) is 0 Å². The second-order valence-electron chi connectivity index (χ2n) is 7.11. The van der Waals surface area contributed by atoms with E-state index < -0.39 is 11.6 Å². The maximum absolute atomic E-state index is 11.8. The van der Waals surface area contributed by atoms with Crippen molar-refractivity contribution in [2.24, 2.45) is 17.8 Å². The van der Waals surface area contributed by atoms with E-state index in [4.69, 9.17) is 9.84 Å². The van der Waals surface area contributed by atoms with Crippen LogP contribution in [0.1, 0.15) is 52.9 Å². The number of carbonyl (C=O) groups is 2. The maximum atomic E-state index is 11.8. The number of carboxylic acids is 1. The van der Waals surface area contributed by atoms with E-state index in [0.717, 1.165) is 32.1 Å². The first-order chi connectivity index (χ1) is 9.26. The highest BCUT2D eigenvalue weighted by Gasteiger charge is 2.48. The molecule has 20 heavy (non-hydrogen) atoms. The van der Waals surface area contributed by atoms with E-state index in [2.05, 4.69) is 5.32 Å². The molecule has 4 atom stereocenters. The molecule has 2 saturated carbocycles. The molecular weight excluding hydrogens is 258 g/mol. The van der Waals surface area contributed by atoms with Gasteiger partial charge in [-0.25, -0.2) is 4.79 Å². The molecule has 1 amide bonds. The molecule has 2 rings (SSSR count). The molecule has 0 spiro atoms. The highest BCUT2D eigenvalue weighted by Crippen LogP contribution is 2.49. The molecule has 5 heteroatoms. The molecule has 0 saturated heterocycles. The fraction of sp³-hybridized carbons (Fsp3) is 0.867. The van der Waals surface area contributed by atoms with Crippen LogP contribution in [0.4, 0.5) is 4.79 Å². The zero-order valence-electron chi connectivity index (χ0n) is 12.5.